The highest BCUT2D eigenvalue weighted by atomic mass is 19.1. The van der Waals surface area contributed by atoms with E-state index in [1.54, 1.807) is 22.7 Å². The molecule has 1 aliphatic rings. The molecule has 1 aliphatic heterocycles. The molecule has 0 spiro atoms. The Bertz CT molecular complexity index is 951. The molecule has 0 bridgehead atoms. The lowest BCUT2D eigenvalue weighted by atomic mass is 10.2. The highest BCUT2D eigenvalue weighted by Crippen LogP contribution is 2.22. The van der Waals surface area contributed by atoms with Gasteiger partial charge in [-0.25, -0.2) is 4.39 Å². The second kappa shape index (κ2) is 7.81. The average Bonchev–Trinajstić information content (AvgIpc) is 3.09. The number of aromatic nitrogens is 4. The third kappa shape index (κ3) is 3.83. The Morgan fingerprint density at radius 2 is 1.86 bits per heavy atom. The van der Waals surface area contributed by atoms with E-state index in [0.29, 0.717) is 17.0 Å². The molecule has 0 N–H and O–H groups in total. The first-order valence-electron chi connectivity index (χ1n) is 9.57. The molecule has 8 heteroatoms. The van der Waals surface area contributed by atoms with Crippen LogP contribution in [-0.4, -0.2) is 70.1 Å². The molecule has 3 aromatic rings. The van der Waals surface area contributed by atoms with Crippen molar-refractivity contribution in [2.24, 2.45) is 0 Å². The average molecular weight is 384 g/mol. The normalized spacial score (nSPS) is 20.6. The van der Waals surface area contributed by atoms with E-state index < -0.39 is 0 Å². The van der Waals surface area contributed by atoms with E-state index >= 15 is 0 Å². The summed E-state index contributed by atoms with van der Waals surface area (Å²) in [6.45, 7) is 7.85. The van der Waals surface area contributed by atoms with Gasteiger partial charge in [-0.1, -0.05) is 12.1 Å². The summed E-state index contributed by atoms with van der Waals surface area (Å²) < 4.78 is 21.6. The van der Waals surface area contributed by atoms with Crippen molar-refractivity contribution < 1.29 is 9.13 Å². The minimum Gasteiger partial charge on any atom is -0.373 e. The van der Waals surface area contributed by atoms with Gasteiger partial charge in [-0.3, -0.25) is 4.90 Å². The van der Waals surface area contributed by atoms with Crippen LogP contribution in [0.3, 0.4) is 0 Å². The SMILES string of the molecule is C[C@@H]1CN(CCN(C)c2ccc3nnc(-c4ccccc4F)n3n2)C[C@H](C)O1. The van der Waals surface area contributed by atoms with Crippen LogP contribution >= 0.6 is 0 Å². The van der Waals surface area contributed by atoms with Gasteiger partial charge in [0.15, 0.2) is 11.5 Å². The first kappa shape index (κ1) is 18.8. The largest absolute Gasteiger partial charge is 0.373 e. The van der Waals surface area contributed by atoms with Crippen molar-refractivity contribution in [1.82, 2.24) is 24.7 Å². The number of hydrogen-bond acceptors (Lipinski definition) is 6. The van der Waals surface area contributed by atoms with Crippen LogP contribution in [0.15, 0.2) is 36.4 Å². The third-order valence-electron chi connectivity index (χ3n) is 5.00. The van der Waals surface area contributed by atoms with Gasteiger partial charge < -0.3 is 9.64 Å². The van der Waals surface area contributed by atoms with Gasteiger partial charge in [0.1, 0.15) is 11.6 Å². The van der Waals surface area contributed by atoms with Gasteiger partial charge >= 0.3 is 0 Å². The Hall–Kier alpha value is -2.58. The molecule has 0 saturated carbocycles. The zero-order valence-electron chi connectivity index (χ0n) is 16.4. The summed E-state index contributed by atoms with van der Waals surface area (Å²) in [6, 6.07) is 10.3. The summed E-state index contributed by atoms with van der Waals surface area (Å²) in [5.41, 5.74) is 0.977. The fourth-order valence-corrected chi connectivity index (χ4v) is 3.67. The lowest BCUT2D eigenvalue weighted by Crippen LogP contribution is -2.47. The van der Waals surface area contributed by atoms with Crippen molar-refractivity contribution in [1.29, 1.82) is 0 Å². The molecule has 2 atom stereocenters. The fraction of sp³-hybridized carbons (Fsp3) is 0.450. The van der Waals surface area contributed by atoms with Crippen molar-refractivity contribution in [2.45, 2.75) is 26.1 Å². The topological polar surface area (TPSA) is 58.8 Å². The number of likely N-dealkylation sites (N-methyl/N-ethyl adjacent to an activating group) is 1. The molecule has 3 heterocycles. The maximum atomic E-state index is 14.2. The molecule has 1 aromatic carbocycles. The predicted octanol–water partition coefficient (Wildman–Crippen LogP) is 2.48. The molecule has 0 aliphatic carbocycles. The molecule has 0 radical (unpaired) electrons. The van der Waals surface area contributed by atoms with Crippen LogP contribution in [0.1, 0.15) is 13.8 Å². The summed E-state index contributed by atoms with van der Waals surface area (Å²) in [5.74, 6) is 0.853. The molecule has 1 fully saturated rings. The number of nitrogens with zero attached hydrogens (tertiary/aromatic N) is 6. The lowest BCUT2D eigenvalue weighted by Gasteiger charge is -2.36. The Morgan fingerprint density at radius 1 is 1.11 bits per heavy atom. The molecule has 0 amide bonds. The number of ether oxygens (including phenoxy) is 1. The highest BCUT2D eigenvalue weighted by Gasteiger charge is 2.22. The van der Waals surface area contributed by atoms with Crippen molar-refractivity contribution in [3.05, 3.63) is 42.2 Å². The van der Waals surface area contributed by atoms with Crippen LogP contribution in [0.4, 0.5) is 10.2 Å². The Kier molecular flexibility index (Phi) is 5.23. The molecule has 148 valence electrons. The minimum absolute atomic E-state index is 0.254. The quantitative estimate of drug-likeness (QED) is 0.674. The smallest absolute Gasteiger partial charge is 0.188 e. The number of morpholine rings is 1. The highest BCUT2D eigenvalue weighted by molar-refractivity contribution is 5.60. The van der Waals surface area contributed by atoms with Crippen LogP contribution in [0.2, 0.25) is 0 Å². The van der Waals surface area contributed by atoms with Gasteiger partial charge in [0, 0.05) is 33.2 Å². The molecule has 28 heavy (non-hydrogen) atoms. The van der Waals surface area contributed by atoms with Crippen LogP contribution in [0.25, 0.3) is 17.0 Å². The van der Waals surface area contributed by atoms with Gasteiger partial charge in [0.25, 0.3) is 0 Å². The molecule has 2 aromatic heterocycles. The molecule has 4 rings (SSSR count). The lowest BCUT2D eigenvalue weighted by molar-refractivity contribution is -0.0670. The monoisotopic (exact) mass is 384 g/mol. The van der Waals surface area contributed by atoms with E-state index in [2.05, 4.69) is 38.9 Å². The summed E-state index contributed by atoms with van der Waals surface area (Å²) in [6.07, 6.45) is 0.507. The minimum atomic E-state index is -0.340. The van der Waals surface area contributed by atoms with Crippen LogP contribution in [0.5, 0.6) is 0 Å². The maximum absolute atomic E-state index is 14.2. The van der Waals surface area contributed by atoms with Crippen molar-refractivity contribution >= 4 is 11.5 Å². The maximum Gasteiger partial charge on any atom is 0.188 e. The first-order valence-corrected chi connectivity index (χ1v) is 9.57. The van der Waals surface area contributed by atoms with Gasteiger partial charge in [-0.2, -0.15) is 4.52 Å². The number of benzene rings is 1. The van der Waals surface area contributed by atoms with Gasteiger partial charge in [0.05, 0.1) is 17.8 Å². The zero-order valence-corrected chi connectivity index (χ0v) is 16.4. The summed E-state index contributed by atoms with van der Waals surface area (Å²) in [4.78, 5) is 4.51. The van der Waals surface area contributed by atoms with Crippen LogP contribution in [0, 0.1) is 5.82 Å². The van der Waals surface area contributed by atoms with E-state index in [9.17, 15) is 4.39 Å². The Morgan fingerprint density at radius 3 is 2.61 bits per heavy atom. The molecular weight excluding hydrogens is 359 g/mol. The van der Waals surface area contributed by atoms with Gasteiger partial charge in [-0.05, 0) is 38.1 Å². The van der Waals surface area contributed by atoms with Crippen LogP contribution in [-0.2, 0) is 4.74 Å². The second-order valence-corrected chi connectivity index (χ2v) is 7.40. The number of anilines is 1. The van der Waals surface area contributed by atoms with Crippen molar-refractivity contribution in [3.8, 4) is 11.4 Å². The van der Waals surface area contributed by atoms with Crippen molar-refractivity contribution in [2.75, 3.05) is 38.1 Å². The van der Waals surface area contributed by atoms with E-state index in [1.807, 2.05) is 19.2 Å². The third-order valence-corrected chi connectivity index (χ3v) is 5.00. The van der Waals surface area contributed by atoms with Gasteiger partial charge in [-0.15, -0.1) is 15.3 Å². The van der Waals surface area contributed by atoms with E-state index in [0.717, 1.165) is 32.0 Å². The molecule has 1 saturated heterocycles. The number of rotatable bonds is 5. The standard InChI is InChI=1S/C20H25FN6O/c1-14-12-26(13-15(2)28-14)11-10-25(3)19-9-8-18-22-23-20(27(18)24-19)16-6-4-5-7-17(16)21/h4-9,14-15H,10-13H2,1-3H3/t14-,15+. The molecule has 0 unspecified atom stereocenters. The Balaban J connectivity index is 1.52. The summed E-state index contributed by atoms with van der Waals surface area (Å²) in [7, 11) is 2.01. The number of hydrogen-bond donors (Lipinski definition) is 0. The fourth-order valence-electron chi connectivity index (χ4n) is 3.67. The zero-order chi connectivity index (χ0) is 19.7. The second-order valence-electron chi connectivity index (χ2n) is 7.40. The number of halogens is 1. The summed E-state index contributed by atoms with van der Waals surface area (Å²) in [5, 5.41) is 12.9. The predicted molar refractivity (Wildman–Crippen MR) is 106 cm³/mol. The van der Waals surface area contributed by atoms with Crippen molar-refractivity contribution in [3.63, 3.8) is 0 Å². The van der Waals surface area contributed by atoms with E-state index in [4.69, 9.17) is 4.74 Å². The van der Waals surface area contributed by atoms with Crippen LogP contribution < -0.4 is 4.90 Å². The summed E-state index contributed by atoms with van der Waals surface area (Å²) >= 11 is 0. The molecular formula is C20H25FN6O. The Labute approximate surface area is 163 Å². The van der Waals surface area contributed by atoms with Gasteiger partial charge in [0.2, 0.25) is 0 Å². The van der Waals surface area contributed by atoms with E-state index in [-0.39, 0.29) is 18.0 Å². The van der Waals surface area contributed by atoms with E-state index in [1.165, 1.54) is 6.07 Å². The number of fused-ring (bicyclic) bond motifs is 1. The molecule has 7 nitrogen and oxygen atoms in total. The first-order chi connectivity index (χ1) is 13.5.